The van der Waals surface area contributed by atoms with E-state index in [0.29, 0.717) is 21.0 Å². The van der Waals surface area contributed by atoms with Crippen LogP contribution in [0.3, 0.4) is 0 Å². The second-order valence-electron chi connectivity index (χ2n) is 19.3. The molecule has 2 aromatic heterocycles. The van der Waals surface area contributed by atoms with Crippen LogP contribution in [0.25, 0.3) is 0 Å². The van der Waals surface area contributed by atoms with E-state index in [4.69, 9.17) is 10.8 Å². The molecule has 81 heavy (non-hydrogen) atoms. The molecule has 4 aliphatic heterocycles. The smallest absolute Gasteiger partial charge is 0.419 e. The molecule has 4 fully saturated rings. The van der Waals surface area contributed by atoms with Gasteiger partial charge in [-0.05, 0) is 92.8 Å². The number of Topliss-reactive ketones (excluding diaryl/α,β-unsaturated/α-hetero) is 1. The summed E-state index contributed by atoms with van der Waals surface area (Å²) in [6.07, 6.45) is -22.7. The number of carboxylic acids is 1. The predicted octanol–water partition coefficient (Wildman–Crippen LogP) is 9.67. The normalized spacial score (nSPS) is 21.3. The van der Waals surface area contributed by atoms with Crippen LogP contribution >= 0.6 is 0 Å². The minimum atomic E-state index is -4.83. The number of nitrogens with two attached hydrogens (primary N) is 1. The Morgan fingerprint density at radius 1 is 0.580 bits per heavy atom. The van der Waals surface area contributed by atoms with Crippen LogP contribution in [0, 0.1) is 23.5 Å². The van der Waals surface area contributed by atoms with E-state index in [1.807, 2.05) is 0 Å². The van der Waals surface area contributed by atoms with Gasteiger partial charge in [-0.2, -0.15) is 61.3 Å². The molecule has 0 aliphatic carbocycles. The van der Waals surface area contributed by atoms with Crippen molar-refractivity contribution in [1.82, 2.24) is 18.6 Å². The van der Waals surface area contributed by atoms with Gasteiger partial charge in [-0.3, -0.25) is 19.6 Å². The van der Waals surface area contributed by atoms with Crippen molar-refractivity contribution in [2.45, 2.75) is 117 Å². The first-order valence-corrected chi connectivity index (χ1v) is 27.4. The second kappa shape index (κ2) is 25.3. The average molecular weight is 1220 g/mol. The molecule has 0 bridgehead atoms. The zero-order chi connectivity index (χ0) is 60.2. The van der Waals surface area contributed by atoms with E-state index in [1.165, 1.54) is 15.9 Å². The van der Waals surface area contributed by atoms with Crippen molar-refractivity contribution in [3.8, 4) is 0 Å². The van der Waals surface area contributed by atoms with E-state index in [2.05, 4.69) is 9.97 Å². The number of alkyl halides is 14. The number of aliphatic carboxylic acids is 1. The molecule has 0 unspecified atom stereocenters. The fraction of sp³-hybridized carbons (Fsp3) is 0.510. The van der Waals surface area contributed by atoms with Crippen LogP contribution in [0.2, 0.25) is 0 Å². The summed E-state index contributed by atoms with van der Waals surface area (Å²) >= 11 is 0. The van der Waals surface area contributed by atoms with Crippen molar-refractivity contribution in [2.24, 2.45) is 17.6 Å². The number of pyridine rings is 2. The lowest BCUT2D eigenvalue weighted by atomic mass is 9.95. The molecule has 8 rings (SSSR count). The lowest BCUT2D eigenvalue weighted by Crippen LogP contribution is -2.40. The van der Waals surface area contributed by atoms with Gasteiger partial charge in [-0.25, -0.2) is 34.4 Å². The molecular weight excluding hydrogens is 1170 g/mol. The van der Waals surface area contributed by atoms with Crippen LogP contribution < -0.4 is 15.5 Å². The molecule has 4 aromatic rings. The van der Waals surface area contributed by atoms with Gasteiger partial charge in [-0.15, -0.1) is 0 Å². The Bertz CT molecular complexity index is 3050. The van der Waals surface area contributed by atoms with E-state index in [1.54, 1.807) is 0 Å². The summed E-state index contributed by atoms with van der Waals surface area (Å²) in [5, 5.41) is 8.92. The van der Waals surface area contributed by atoms with Crippen molar-refractivity contribution in [1.29, 1.82) is 0 Å². The Morgan fingerprint density at radius 3 is 1.30 bits per heavy atom. The Balaban J connectivity index is 0.000000216. The zero-order valence-corrected chi connectivity index (χ0v) is 43.7. The zero-order valence-electron chi connectivity index (χ0n) is 42.0. The fourth-order valence-electron chi connectivity index (χ4n) is 9.54. The number of piperidine rings is 2. The minimum absolute atomic E-state index is 0.0375. The van der Waals surface area contributed by atoms with Gasteiger partial charge in [0.25, 0.3) is 0 Å². The first kappa shape index (κ1) is 64.3. The lowest BCUT2D eigenvalue weighted by molar-refractivity contribution is -0.179. The van der Waals surface area contributed by atoms with Gasteiger partial charge in [0, 0.05) is 83.2 Å². The van der Waals surface area contributed by atoms with Gasteiger partial charge in [0.15, 0.2) is 5.78 Å². The number of ketones is 1. The molecule has 0 saturated carbocycles. The highest BCUT2D eigenvalue weighted by Crippen LogP contribution is 2.43. The molecule has 14 nitrogen and oxygen atoms in total. The number of hydrogen-bond acceptors (Lipinski definition) is 11. The number of hydrogen-bond donors (Lipinski definition) is 2. The number of aryl methyl sites for hydroxylation is 1. The monoisotopic (exact) mass is 1220 g/mol. The Labute approximate surface area is 453 Å². The summed E-state index contributed by atoms with van der Waals surface area (Å²) in [6, 6.07) is 7.22. The second-order valence-corrected chi connectivity index (χ2v) is 23.0. The number of sulfonamides is 2. The van der Waals surface area contributed by atoms with Crippen LogP contribution in [-0.4, -0.2) is 128 Å². The molecule has 3 N–H and O–H groups in total. The molecule has 32 heteroatoms. The standard InChI is InChI=1S/C25H25F8N3O3S.C13H15F6N3.C11H11F2NO4S/c26-16-1-4-19(5-2-16)40(38,39)36-14-17(27)11-22(36)23(37)6-3-18-12-21(20(13-34-18)25(31,32)33)35-9-7-15(8-10-35)24(28,29)30;14-12(15,16)8-1-3-22(4-2-8)11-5-9(6-20)21-7-10(11)13(17,18)19;12-7-1-3-9(4-2-7)19(17,18)14-6-8(13)5-10(14)11(15)16/h1-2,4-5,12-13,15,17,22H,3,6-11,14H2;5,7-8H,1-4,6,20H2;1-4,8,10H,5-6H2,(H,15,16)/t17-,22+;;8-,10+/m1.1/s1. The Morgan fingerprint density at radius 2 is 0.938 bits per heavy atom. The van der Waals surface area contributed by atoms with Crippen LogP contribution in [0.5, 0.6) is 0 Å². The summed E-state index contributed by atoms with van der Waals surface area (Å²) in [5.41, 5.74) is 3.11. The third kappa shape index (κ3) is 16.0. The summed E-state index contributed by atoms with van der Waals surface area (Å²) in [6.45, 7) is -1.81. The number of carboxylic acid groups (broad SMARTS) is 1. The average Bonchev–Trinajstić information content (AvgIpc) is 4.11. The third-order valence-electron chi connectivity index (χ3n) is 13.8. The molecule has 4 saturated heterocycles. The number of nitrogens with zero attached hydrogens (tertiary/aromatic N) is 6. The largest absolute Gasteiger partial charge is 0.480 e. The molecular formula is C49H51F16N7O7S2. The number of benzene rings is 2. The maximum atomic E-state index is 14.3. The summed E-state index contributed by atoms with van der Waals surface area (Å²) in [7, 11) is -8.48. The number of rotatable bonds is 12. The fourth-order valence-corrected chi connectivity index (χ4v) is 12.8. The van der Waals surface area contributed by atoms with Crippen LogP contribution in [0.1, 0.15) is 67.5 Å². The quantitative estimate of drug-likeness (QED) is 0.128. The highest BCUT2D eigenvalue weighted by molar-refractivity contribution is 7.89. The number of aromatic nitrogens is 2. The molecule has 0 radical (unpaired) electrons. The number of carbonyl (C=O) groups excluding carboxylic acids is 1. The highest BCUT2D eigenvalue weighted by Gasteiger charge is 2.47. The van der Waals surface area contributed by atoms with Crippen LogP contribution in [0.15, 0.2) is 82.8 Å². The van der Waals surface area contributed by atoms with Gasteiger partial charge in [0.05, 0.1) is 55.9 Å². The Kier molecular flexibility index (Phi) is 20.1. The van der Waals surface area contributed by atoms with Crippen molar-refractivity contribution in [3.63, 3.8) is 0 Å². The van der Waals surface area contributed by atoms with Crippen molar-refractivity contribution in [3.05, 3.63) is 107 Å². The van der Waals surface area contributed by atoms with Gasteiger partial charge < -0.3 is 20.6 Å². The molecule has 0 amide bonds. The molecule has 448 valence electrons. The lowest BCUT2D eigenvalue weighted by Gasteiger charge is -2.35. The molecule has 6 heterocycles. The molecule has 4 atom stereocenters. The van der Waals surface area contributed by atoms with E-state index in [9.17, 15) is 96.7 Å². The minimum Gasteiger partial charge on any atom is -0.480 e. The van der Waals surface area contributed by atoms with E-state index < -0.39 is 135 Å². The van der Waals surface area contributed by atoms with Crippen molar-refractivity contribution in [2.75, 3.05) is 49.1 Å². The van der Waals surface area contributed by atoms with Crippen molar-refractivity contribution < 1.29 is 102 Å². The van der Waals surface area contributed by atoms with Gasteiger partial charge in [0.2, 0.25) is 20.0 Å². The van der Waals surface area contributed by atoms with E-state index >= 15 is 0 Å². The number of carbonyl (C=O) groups is 2. The summed E-state index contributed by atoms with van der Waals surface area (Å²) in [4.78, 5) is 33.3. The van der Waals surface area contributed by atoms with E-state index in [0.717, 1.165) is 54.6 Å². The van der Waals surface area contributed by atoms with Gasteiger partial charge in [0.1, 0.15) is 30.0 Å². The summed E-state index contributed by atoms with van der Waals surface area (Å²) in [5.74, 6) is -6.46. The van der Waals surface area contributed by atoms with Gasteiger partial charge in [-0.1, -0.05) is 0 Å². The Hall–Kier alpha value is -5.86. The number of halogens is 16. The van der Waals surface area contributed by atoms with Crippen molar-refractivity contribution >= 4 is 43.2 Å². The molecule has 0 spiro atoms. The first-order valence-electron chi connectivity index (χ1n) is 24.6. The SMILES string of the molecule is NCc1cc(N2CCC(C(F)(F)F)CC2)c(C(F)(F)F)cn1.O=C(CCc1cc(N2CCC(C(F)(F)F)CC2)c(C(F)(F)F)cn1)[C@@H]1C[C@@H](F)CN1S(=O)(=O)c1ccc(F)cc1.O=C(O)[C@@H]1C[C@@H](F)CN1S(=O)(=O)c1ccc(F)cc1. The van der Waals surface area contributed by atoms with E-state index in [-0.39, 0.29) is 110 Å². The molecule has 2 aromatic carbocycles. The maximum absolute atomic E-state index is 14.3. The highest BCUT2D eigenvalue weighted by atomic mass is 32.2. The predicted molar refractivity (Wildman–Crippen MR) is 257 cm³/mol. The van der Waals surface area contributed by atoms with Crippen LogP contribution in [0.4, 0.5) is 81.6 Å². The third-order valence-corrected chi connectivity index (χ3v) is 17.6. The van der Waals surface area contributed by atoms with Gasteiger partial charge >= 0.3 is 30.7 Å². The number of anilines is 2. The van der Waals surface area contributed by atoms with Crippen LogP contribution in [-0.2, 0) is 55.0 Å². The summed E-state index contributed by atoms with van der Waals surface area (Å²) < 4.78 is 262. The maximum Gasteiger partial charge on any atom is 0.419 e. The first-order chi connectivity index (χ1) is 37.5. The topological polar surface area (TPSA) is 187 Å². The molecule has 4 aliphatic rings.